The van der Waals surface area contributed by atoms with Gasteiger partial charge < -0.3 is 9.41 Å². The second-order valence-corrected chi connectivity index (χ2v) is 9.75. The van der Waals surface area contributed by atoms with E-state index >= 15 is 0 Å². The van der Waals surface area contributed by atoms with E-state index < -0.39 is 8.32 Å². The van der Waals surface area contributed by atoms with Crippen LogP contribution in [0.2, 0.25) is 19.6 Å². The van der Waals surface area contributed by atoms with Gasteiger partial charge in [-0.2, -0.15) is 0 Å². The average molecular weight is 273 g/mol. The first-order chi connectivity index (χ1) is 8.96. The first-order valence-corrected chi connectivity index (χ1v) is 9.69. The van der Waals surface area contributed by atoms with Crippen molar-refractivity contribution in [2.45, 2.75) is 26.6 Å². The Balaban J connectivity index is 2.33. The van der Waals surface area contributed by atoms with Crippen molar-refractivity contribution < 1.29 is 4.43 Å². The summed E-state index contributed by atoms with van der Waals surface area (Å²) in [4.78, 5) is 11.9. The first kappa shape index (κ1) is 13.5. The molecule has 1 N–H and O–H groups in total. The quantitative estimate of drug-likeness (QED) is 0.681. The van der Waals surface area contributed by atoms with Crippen molar-refractivity contribution in [3.63, 3.8) is 0 Å². The number of rotatable bonds is 4. The monoisotopic (exact) mass is 273 g/mol. The van der Waals surface area contributed by atoms with Crippen molar-refractivity contribution in [3.8, 4) is 5.75 Å². The van der Waals surface area contributed by atoms with Gasteiger partial charge >= 0.3 is 0 Å². The summed E-state index contributed by atoms with van der Waals surface area (Å²) < 4.78 is 6.05. The number of benzene rings is 1. The normalized spacial score (nSPS) is 12.5. The zero-order valence-corrected chi connectivity index (χ0v) is 12.8. The van der Waals surface area contributed by atoms with Crippen molar-refractivity contribution in [1.29, 1.82) is 0 Å². The molecule has 19 heavy (non-hydrogen) atoms. The van der Waals surface area contributed by atoms with E-state index in [0.29, 0.717) is 0 Å². The maximum Gasteiger partial charge on any atom is 0.242 e. The molecule has 0 amide bonds. The molecule has 5 heteroatoms. The Labute approximate surface area is 114 Å². The molecule has 100 valence electrons. The number of H-pyrrole nitrogens is 1. The van der Waals surface area contributed by atoms with Gasteiger partial charge in [0, 0.05) is 12.4 Å². The van der Waals surface area contributed by atoms with Crippen molar-refractivity contribution in [2.24, 2.45) is 4.99 Å². The Morgan fingerprint density at radius 3 is 2.63 bits per heavy atom. The van der Waals surface area contributed by atoms with Crippen LogP contribution < -0.4 is 4.43 Å². The maximum absolute atomic E-state index is 6.05. The molecule has 0 aliphatic rings. The van der Waals surface area contributed by atoms with Gasteiger partial charge in [0.25, 0.3) is 0 Å². The fourth-order valence-corrected chi connectivity index (χ4v) is 2.49. The zero-order valence-electron chi connectivity index (χ0n) is 11.8. The molecule has 0 radical (unpaired) electrons. The molecule has 0 atom stereocenters. The number of para-hydroxylation sites is 2. The molecule has 0 saturated heterocycles. The highest BCUT2D eigenvalue weighted by atomic mass is 28.4. The molecule has 2 aromatic rings. The first-order valence-electron chi connectivity index (χ1n) is 6.29. The number of imidazole rings is 1. The highest BCUT2D eigenvalue weighted by molar-refractivity contribution is 6.70. The summed E-state index contributed by atoms with van der Waals surface area (Å²) in [5, 5.41) is 0. The smallest absolute Gasteiger partial charge is 0.242 e. The van der Waals surface area contributed by atoms with Crippen LogP contribution in [0.25, 0.3) is 0 Å². The molecular formula is C14H19N3OSi. The molecule has 0 aliphatic carbocycles. The van der Waals surface area contributed by atoms with Gasteiger partial charge in [0.05, 0.1) is 5.71 Å². The minimum atomic E-state index is -1.64. The topological polar surface area (TPSA) is 50.3 Å². The average Bonchev–Trinajstić information content (AvgIpc) is 2.83. The number of aromatic amines is 1. The highest BCUT2D eigenvalue weighted by Crippen LogP contribution is 2.29. The Hall–Kier alpha value is -1.88. The number of aliphatic imine (C=N–C) groups is 1. The fraction of sp³-hybridized carbons (Fsp3) is 0.286. The van der Waals surface area contributed by atoms with Gasteiger partial charge in [-0.1, -0.05) is 12.1 Å². The van der Waals surface area contributed by atoms with Gasteiger partial charge in [-0.25, -0.2) is 9.98 Å². The second kappa shape index (κ2) is 5.40. The van der Waals surface area contributed by atoms with Gasteiger partial charge in [0.1, 0.15) is 11.4 Å². The van der Waals surface area contributed by atoms with Crippen molar-refractivity contribution >= 4 is 19.7 Å². The van der Waals surface area contributed by atoms with Gasteiger partial charge in [0.15, 0.2) is 5.82 Å². The van der Waals surface area contributed by atoms with E-state index in [0.717, 1.165) is 23.0 Å². The molecule has 0 fully saturated rings. The summed E-state index contributed by atoms with van der Waals surface area (Å²) in [6.45, 7) is 8.41. The number of hydrogen-bond acceptors (Lipinski definition) is 3. The third-order valence-electron chi connectivity index (χ3n) is 2.41. The third kappa shape index (κ3) is 3.79. The van der Waals surface area contributed by atoms with Crippen LogP contribution in [0.3, 0.4) is 0 Å². The molecule has 0 bridgehead atoms. The predicted molar refractivity (Wildman–Crippen MR) is 80.9 cm³/mol. The van der Waals surface area contributed by atoms with Crippen LogP contribution in [-0.2, 0) is 0 Å². The summed E-state index contributed by atoms with van der Waals surface area (Å²) in [6, 6.07) is 7.86. The maximum atomic E-state index is 6.05. The minimum Gasteiger partial charge on any atom is -0.543 e. The van der Waals surface area contributed by atoms with Crippen molar-refractivity contribution in [3.05, 3.63) is 42.5 Å². The standard InChI is InChI=1S/C14H19N3OSi/c1-11(14-15-9-10-16-14)17-12-7-5-6-8-13(12)18-19(2,3)4/h5-10H,1-4H3,(H,15,16). The van der Waals surface area contributed by atoms with Crippen molar-refractivity contribution in [2.75, 3.05) is 0 Å². The van der Waals surface area contributed by atoms with E-state index in [9.17, 15) is 0 Å². The summed E-state index contributed by atoms with van der Waals surface area (Å²) >= 11 is 0. The molecule has 0 aliphatic heterocycles. The number of hydrogen-bond donors (Lipinski definition) is 1. The predicted octanol–water partition coefficient (Wildman–Crippen LogP) is 3.76. The Morgan fingerprint density at radius 1 is 1.26 bits per heavy atom. The minimum absolute atomic E-state index is 0.780. The van der Waals surface area contributed by atoms with Crippen LogP contribution in [0, 0.1) is 0 Å². The van der Waals surface area contributed by atoms with E-state index in [-0.39, 0.29) is 0 Å². The molecular weight excluding hydrogens is 254 g/mol. The molecule has 1 aromatic heterocycles. The van der Waals surface area contributed by atoms with Crippen LogP contribution in [0.5, 0.6) is 5.75 Å². The van der Waals surface area contributed by atoms with Gasteiger partial charge in [-0.15, -0.1) is 0 Å². The van der Waals surface area contributed by atoms with E-state index in [4.69, 9.17) is 4.43 Å². The van der Waals surface area contributed by atoms with Crippen LogP contribution in [0.15, 0.2) is 41.7 Å². The summed E-state index contributed by atoms with van der Waals surface area (Å²) in [5.41, 5.74) is 1.69. The molecule has 0 saturated carbocycles. The van der Waals surface area contributed by atoms with Crippen molar-refractivity contribution in [1.82, 2.24) is 9.97 Å². The van der Waals surface area contributed by atoms with Crippen LogP contribution in [0.4, 0.5) is 5.69 Å². The lowest BCUT2D eigenvalue weighted by molar-refractivity contribution is 0.559. The summed E-state index contributed by atoms with van der Waals surface area (Å²) in [7, 11) is -1.64. The van der Waals surface area contributed by atoms with Crippen LogP contribution in [0.1, 0.15) is 12.7 Å². The Bertz CT molecular complexity index is 571. The number of nitrogens with one attached hydrogen (secondary N) is 1. The van der Waals surface area contributed by atoms with Crippen LogP contribution in [-0.4, -0.2) is 24.0 Å². The lowest BCUT2D eigenvalue weighted by Crippen LogP contribution is -2.29. The molecule has 1 aromatic carbocycles. The second-order valence-electron chi connectivity index (χ2n) is 5.32. The number of aromatic nitrogens is 2. The molecule has 2 rings (SSSR count). The lowest BCUT2D eigenvalue weighted by Gasteiger charge is -2.20. The SMILES string of the molecule is CC(=Nc1ccccc1O[Si](C)(C)C)c1ncc[nH]1. The largest absolute Gasteiger partial charge is 0.543 e. The molecule has 4 nitrogen and oxygen atoms in total. The van der Waals surface area contributed by atoms with E-state index in [2.05, 4.69) is 34.6 Å². The Morgan fingerprint density at radius 2 is 2.00 bits per heavy atom. The van der Waals surface area contributed by atoms with Crippen LogP contribution >= 0.6 is 0 Å². The Kier molecular flexibility index (Phi) is 3.85. The molecule has 0 unspecified atom stereocenters. The van der Waals surface area contributed by atoms with Gasteiger partial charge in [-0.05, 0) is 38.7 Å². The van der Waals surface area contributed by atoms with E-state index in [1.165, 1.54) is 0 Å². The van der Waals surface area contributed by atoms with E-state index in [1.807, 2.05) is 31.2 Å². The number of nitrogens with zero attached hydrogens (tertiary/aromatic N) is 2. The molecule has 1 heterocycles. The fourth-order valence-electron chi connectivity index (χ4n) is 1.66. The summed E-state index contributed by atoms with van der Waals surface area (Å²) in [5.74, 6) is 1.62. The van der Waals surface area contributed by atoms with Gasteiger partial charge in [0.2, 0.25) is 8.32 Å². The van der Waals surface area contributed by atoms with Gasteiger partial charge in [-0.3, -0.25) is 0 Å². The highest BCUT2D eigenvalue weighted by Gasteiger charge is 2.18. The summed E-state index contributed by atoms with van der Waals surface area (Å²) in [6.07, 6.45) is 3.51. The third-order valence-corrected chi connectivity index (χ3v) is 3.24. The molecule has 0 spiro atoms. The lowest BCUT2D eigenvalue weighted by atomic mass is 10.3. The van der Waals surface area contributed by atoms with E-state index in [1.54, 1.807) is 12.4 Å². The zero-order chi connectivity index (χ0) is 13.9.